The van der Waals surface area contributed by atoms with Gasteiger partial charge in [-0.25, -0.2) is 4.39 Å². The van der Waals surface area contributed by atoms with Gasteiger partial charge in [-0.05, 0) is 91.6 Å². The molecule has 0 radical (unpaired) electrons. The lowest BCUT2D eigenvalue weighted by Crippen LogP contribution is -2.48. The second kappa shape index (κ2) is 15.4. The summed E-state index contributed by atoms with van der Waals surface area (Å²) < 4.78 is 35.3. The van der Waals surface area contributed by atoms with Crippen LogP contribution >= 0.6 is 0 Å². The molecular formula is C50H47FN4O8. The molecule has 63 heavy (non-hydrogen) atoms. The molecular weight excluding hydrogens is 804 g/mol. The number of halogens is 1. The highest BCUT2D eigenvalue weighted by molar-refractivity contribution is 6.10. The van der Waals surface area contributed by atoms with Crippen LogP contribution in [0.4, 0.5) is 32.8 Å². The van der Waals surface area contributed by atoms with E-state index in [1.807, 2.05) is 91.9 Å². The summed E-state index contributed by atoms with van der Waals surface area (Å²) in [4.78, 5) is 63.1. The van der Waals surface area contributed by atoms with Gasteiger partial charge in [0.2, 0.25) is 5.91 Å². The van der Waals surface area contributed by atoms with Crippen LogP contribution in [0.2, 0.25) is 0 Å². The van der Waals surface area contributed by atoms with Crippen molar-refractivity contribution in [1.82, 2.24) is 4.90 Å². The van der Waals surface area contributed by atoms with Crippen molar-refractivity contribution >= 4 is 52.1 Å². The molecule has 322 valence electrons. The van der Waals surface area contributed by atoms with Gasteiger partial charge in [-0.1, -0.05) is 67.6 Å². The molecule has 5 atom stereocenters. The number of carbonyl (C=O) groups excluding carboxylic acids is 4. The molecule has 12 nitrogen and oxygen atoms in total. The van der Waals surface area contributed by atoms with Crippen molar-refractivity contribution < 1.29 is 42.9 Å². The first-order valence-electron chi connectivity index (χ1n) is 21.4. The fourth-order valence-corrected chi connectivity index (χ4v) is 10.6. The minimum Gasteiger partial charge on any atom is -0.482 e. The summed E-state index contributed by atoms with van der Waals surface area (Å²) in [5, 5.41) is 10.4. The van der Waals surface area contributed by atoms with Crippen LogP contribution in [0, 0.1) is 11.8 Å². The van der Waals surface area contributed by atoms with Gasteiger partial charge in [-0.3, -0.25) is 29.0 Å². The Hall–Kier alpha value is -6.57. The monoisotopic (exact) mass is 850 g/mol. The lowest BCUT2D eigenvalue weighted by atomic mass is 9.71. The van der Waals surface area contributed by atoms with E-state index >= 15 is 9.18 Å². The first kappa shape index (κ1) is 40.5. The van der Waals surface area contributed by atoms with Crippen LogP contribution in [0.3, 0.4) is 0 Å². The standard InChI is InChI=1S/C50H47FN4O8/c1-30-47(49(2,3)51)43(24-44(57)52-26-33-11-5-4-10-32(33)22-36(52)27-56)63-50(30)37-23-35(55-40-13-7-9-15-42(40)62-29-46(55)59)20-21-38(37)53(48(50)60)25-31-16-18-34(19-17-31)54-39-12-6-8-14-41(39)61-28-45(54)58/h4-21,23,30,36,43,47,56H,22,24-29H2,1-3H3/t30-,36+,43+,47-,50+/m1/s1. The Balaban J connectivity index is 1.03. The molecule has 5 aromatic rings. The summed E-state index contributed by atoms with van der Waals surface area (Å²) in [6.07, 6.45) is -0.763. The maximum atomic E-state index is 16.8. The van der Waals surface area contributed by atoms with Crippen LogP contribution in [0.15, 0.2) is 115 Å². The largest absolute Gasteiger partial charge is 0.482 e. The fourth-order valence-electron chi connectivity index (χ4n) is 10.6. The van der Waals surface area contributed by atoms with Gasteiger partial charge in [0.25, 0.3) is 17.7 Å². The maximum Gasteiger partial charge on any atom is 0.269 e. The highest BCUT2D eigenvalue weighted by Gasteiger charge is 2.66. The van der Waals surface area contributed by atoms with E-state index in [1.54, 1.807) is 49.9 Å². The van der Waals surface area contributed by atoms with Crippen LogP contribution in [0.5, 0.6) is 11.5 Å². The molecule has 0 aromatic heterocycles. The predicted octanol–water partition coefficient (Wildman–Crippen LogP) is 7.28. The molecule has 5 aliphatic heterocycles. The third-order valence-corrected chi connectivity index (χ3v) is 13.4. The number of amides is 4. The molecule has 5 heterocycles. The number of anilines is 5. The van der Waals surface area contributed by atoms with E-state index in [1.165, 1.54) is 13.8 Å². The Morgan fingerprint density at radius 1 is 0.778 bits per heavy atom. The lowest BCUT2D eigenvalue weighted by Gasteiger charge is -2.37. The molecule has 0 bridgehead atoms. The Morgan fingerprint density at radius 3 is 2.00 bits per heavy atom. The lowest BCUT2D eigenvalue weighted by molar-refractivity contribution is -0.151. The van der Waals surface area contributed by atoms with E-state index in [4.69, 9.17) is 14.2 Å². The van der Waals surface area contributed by atoms with Gasteiger partial charge in [0.1, 0.15) is 17.2 Å². The number of fused-ring (bicyclic) bond motifs is 5. The number of hydrogen-bond donors (Lipinski definition) is 1. The van der Waals surface area contributed by atoms with Gasteiger partial charge in [0.15, 0.2) is 18.8 Å². The van der Waals surface area contributed by atoms with Crippen molar-refractivity contribution in [1.29, 1.82) is 0 Å². The van der Waals surface area contributed by atoms with E-state index in [9.17, 15) is 19.5 Å². The Bertz CT molecular complexity index is 2670. The molecule has 1 N–H and O–H groups in total. The third kappa shape index (κ3) is 6.64. The van der Waals surface area contributed by atoms with Gasteiger partial charge in [0, 0.05) is 35.3 Å². The van der Waals surface area contributed by atoms with Crippen LogP contribution in [0.25, 0.3) is 0 Å². The Labute approximate surface area is 364 Å². The van der Waals surface area contributed by atoms with Crippen LogP contribution in [-0.4, -0.2) is 71.3 Å². The summed E-state index contributed by atoms with van der Waals surface area (Å²) >= 11 is 0. The molecule has 0 saturated carbocycles. The third-order valence-electron chi connectivity index (χ3n) is 13.4. The van der Waals surface area contributed by atoms with Crippen molar-refractivity contribution in [2.45, 2.75) is 70.1 Å². The second-order valence-corrected chi connectivity index (χ2v) is 17.5. The molecule has 5 aromatic carbocycles. The normalized spacial score (nSPS) is 23.9. The van der Waals surface area contributed by atoms with E-state index in [-0.39, 0.29) is 57.1 Å². The van der Waals surface area contributed by atoms with E-state index < -0.39 is 41.2 Å². The number of aliphatic hydroxyl groups is 1. The zero-order chi connectivity index (χ0) is 43.8. The van der Waals surface area contributed by atoms with Gasteiger partial charge in [0.05, 0.1) is 48.8 Å². The first-order chi connectivity index (χ1) is 30.4. The molecule has 10 rings (SSSR count). The second-order valence-electron chi connectivity index (χ2n) is 17.5. The number of ether oxygens (including phenoxy) is 3. The number of para-hydroxylation sites is 4. The van der Waals surface area contributed by atoms with Gasteiger partial charge in [-0.15, -0.1) is 0 Å². The van der Waals surface area contributed by atoms with Crippen LogP contribution in [-0.2, 0) is 49.0 Å². The van der Waals surface area contributed by atoms with E-state index in [0.29, 0.717) is 51.9 Å². The number of nitrogens with zero attached hydrogens (tertiary/aromatic N) is 4. The van der Waals surface area contributed by atoms with Crippen LogP contribution < -0.4 is 24.2 Å². The first-order valence-corrected chi connectivity index (χ1v) is 21.4. The topological polar surface area (TPSA) is 129 Å². The SMILES string of the molecule is C[C@@H]1[C@@H](C(C)(C)F)[C@H](CC(=O)N2Cc3ccccc3C[C@H]2CO)O[C@@]12C(=O)N(Cc1ccc(N3C(=O)COc4ccccc43)cc1)c1ccc(N3C(=O)COc4ccccc43)cc12. The molecule has 0 aliphatic carbocycles. The van der Waals surface area contributed by atoms with E-state index in [2.05, 4.69) is 0 Å². The zero-order valence-electron chi connectivity index (χ0n) is 35.2. The number of benzene rings is 5. The fraction of sp³-hybridized carbons (Fsp3) is 0.320. The highest BCUT2D eigenvalue weighted by Crippen LogP contribution is 2.59. The Kier molecular flexibility index (Phi) is 9.87. The summed E-state index contributed by atoms with van der Waals surface area (Å²) in [6.45, 7) is 4.59. The van der Waals surface area contributed by atoms with E-state index in [0.717, 1.165) is 16.7 Å². The average Bonchev–Trinajstić information content (AvgIpc) is 3.71. The minimum absolute atomic E-state index is 0.0982. The minimum atomic E-state index is -1.89. The average molecular weight is 851 g/mol. The summed E-state index contributed by atoms with van der Waals surface area (Å²) in [5.41, 5.74) is 2.44. The van der Waals surface area contributed by atoms with Crippen molar-refractivity contribution in [2.24, 2.45) is 11.8 Å². The summed E-state index contributed by atoms with van der Waals surface area (Å²) in [7, 11) is 0. The summed E-state index contributed by atoms with van der Waals surface area (Å²) in [6, 6.07) is 34.6. The Morgan fingerprint density at radius 2 is 1.37 bits per heavy atom. The number of carbonyl (C=O) groups is 4. The molecule has 0 unspecified atom stereocenters. The molecule has 1 spiro atoms. The maximum absolute atomic E-state index is 16.8. The summed E-state index contributed by atoms with van der Waals surface area (Å²) in [5.74, 6) is -1.80. The predicted molar refractivity (Wildman–Crippen MR) is 233 cm³/mol. The molecule has 1 saturated heterocycles. The zero-order valence-corrected chi connectivity index (χ0v) is 35.2. The van der Waals surface area contributed by atoms with Crippen molar-refractivity contribution in [2.75, 3.05) is 34.5 Å². The van der Waals surface area contributed by atoms with Crippen molar-refractivity contribution in [3.8, 4) is 11.5 Å². The highest BCUT2D eigenvalue weighted by atomic mass is 19.1. The quantitative estimate of drug-likeness (QED) is 0.173. The smallest absolute Gasteiger partial charge is 0.269 e. The van der Waals surface area contributed by atoms with Crippen molar-refractivity contribution in [3.05, 3.63) is 138 Å². The number of rotatable bonds is 8. The van der Waals surface area contributed by atoms with Crippen LogP contribution in [0.1, 0.15) is 49.4 Å². The van der Waals surface area contributed by atoms with Gasteiger partial charge < -0.3 is 29.1 Å². The van der Waals surface area contributed by atoms with Crippen molar-refractivity contribution in [3.63, 3.8) is 0 Å². The number of alkyl halides is 1. The number of aliphatic hydroxyl groups excluding tert-OH is 1. The molecule has 1 fully saturated rings. The molecule has 4 amide bonds. The molecule has 13 heteroatoms. The van der Waals surface area contributed by atoms with Gasteiger partial charge >= 0.3 is 0 Å². The number of hydrogen-bond acceptors (Lipinski definition) is 8. The van der Waals surface area contributed by atoms with Gasteiger partial charge in [-0.2, -0.15) is 0 Å². The molecule has 5 aliphatic rings.